The molecule has 0 aromatic carbocycles. The van der Waals surface area contributed by atoms with E-state index in [4.69, 9.17) is 9.15 Å². The molecular formula is C15H23BrN2O3. The number of halogens is 1. The average Bonchev–Trinajstić information content (AvgIpc) is 2.82. The van der Waals surface area contributed by atoms with Gasteiger partial charge in [0.2, 0.25) is 0 Å². The molecular weight excluding hydrogens is 336 g/mol. The number of ether oxygens (including phenoxy) is 1. The van der Waals surface area contributed by atoms with Crippen molar-refractivity contribution in [2.45, 2.75) is 45.4 Å². The van der Waals surface area contributed by atoms with Crippen molar-refractivity contribution in [3.05, 3.63) is 22.6 Å². The van der Waals surface area contributed by atoms with Gasteiger partial charge in [-0.1, -0.05) is 0 Å². The molecule has 0 aliphatic carbocycles. The maximum atomic E-state index is 12.1. The van der Waals surface area contributed by atoms with Gasteiger partial charge in [0.05, 0.1) is 17.8 Å². The van der Waals surface area contributed by atoms with Crippen LogP contribution in [0.3, 0.4) is 0 Å². The van der Waals surface area contributed by atoms with Gasteiger partial charge < -0.3 is 14.5 Å². The number of nitrogens with one attached hydrogen (secondary N) is 1. The number of carbonyl (C=O) groups excluding carboxylic acids is 1. The second kappa shape index (κ2) is 6.50. The molecule has 2 unspecified atom stereocenters. The number of amides is 1. The first-order valence-electron chi connectivity index (χ1n) is 7.20. The highest BCUT2D eigenvalue weighted by Gasteiger charge is 2.33. The molecule has 1 aliphatic heterocycles. The van der Waals surface area contributed by atoms with E-state index in [0.29, 0.717) is 16.8 Å². The van der Waals surface area contributed by atoms with Gasteiger partial charge in [0.25, 0.3) is 5.91 Å². The van der Waals surface area contributed by atoms with Crippen molar-refractivity contribution in [2.24, 2.45) is 0 Å². The molecule has 1 amide bonds. The van der Waals surface area contributed by atoms with Crippen LogP contribution < -0.4 is 5.32 Å². The lowest BCUT2D eigenvalue weighted by Gasteiger charge is -2.45. The lowest BCUT2D eigenvalue weighted by atomic mass is 10.00. The molecule has 1 aromatic rings. The first-order chi connectivity index (χ1) is 9.78. The van der Waals surface area contributed by atoms with Crippen LogP contribution >= 0.6 is 15.9 Å². The number of furan rings is 1. The van der Waals surface area contributed by atoms with Crippen LogP contribution in [0.1, 0.15) is 38.1 Å². The Morgan fingerprint density at radius 3 is 2.57 bits per heavy atom. The quantitative estimate of drug-likeness (QED) is 0.898. The molecule has 1 saturated heterocycles. The van der Waals surface area contributed by atoms with E-state index in [-0.39, 0.29) is 23.7 Å². The molecule has 2 atom stereocenters. The third-order valence-electron chi connectivity index (χ3n) is 3.79. The van der Waals surface area contributed by atoms with Crippen LogP contribution in [0.15, 0.2) is 21.4 Å². The molecule has 2 heterocycles. The third-order valence-corrected chi connectivity index (χ3v) is 4.20. The fourth-order valence-electron chi connectivity index (χ4n) is 2.61. The minimum Gasteiger partial charge on any atom is -0.457 e. The molecule has 0 radical (unpaired) electrons. The molecule has 1 aromatic heterocycles. The fourth-order valence-corrected chi connectivity index (χ4v) is 2.95. The van der Waals surface area contributed by atoms with Gasteiger partial charge in [0.15, 0.2) is 4.67 Å². The van der Waals surface area contributed by atoms with E-state index in [1.807, 2.05) is 0 Å². The summed E-state index contributed by atoms with van der Waals surface area (Å²) in [5.74, 6) is -0.119. The Hall–Kier alpha value is -0.850. The highest BCUT2D eigenvalue weighted by Crippen LogP contribution is 2.21. The zero-order valence-corrected chi connectivity index (χ0v) is 14.6. The van der Waals surface area contributed by atoms with Gasteiger partial charge in [-0.2, -0.15) is 0 Å². The number of hydrogen-bond acceptors (Lipinski definition) is 4. The first-order valence-corrected chi connectivity index (χ1v) is 8.00. The predicted octanol–water partition coefficient (Wildman–Crippen LogP) is 2.66. The van der Waals surface area contributed by atoms with E-state index in [1.54, 1.807) is 6.07 Å². The van der Waals surface area contributed by atoms with E-state index in [1.165, 1.54) is 6.26 Å². The molecule has 118 valence electrons. The van der Waals surface area contributed by atoms with E-state index in [0.717, 1.165) is 13.1 Å². The van der Waals surface area contributed by atoms with Crippen molar-refractivity contribution < 1.29 is 13.9 Å². The molecule has 6 heteroatoms. The summed E-state index contributed by atoms with van der Waals surface area (Å²) in [4.78, 5) is 14.5. The first kappa shape index (κ1) is 16.5. The Kier molecular flexibility index (Phi) is 5.11. The maximum absolute atomic E-state index is 12.1. The summed E-state index contributed by atoms with van der Waals surface area (Å²) < 4.78 is 11.4. The lowest BCUT2D eigenvalue weighted by molar-refractivity contribution is -0.0948. The Morgan fingerprint density at radius 1 is 1.43 bits per heavy atom. The monoisotopic (exact) mass is 358 g/mol. The van der Waals surface area contributed by atoms with Crippen molar-refractivity contribution >= 4 is 21.8 Å². The van der Waals surface area contributed by atoms with Crippen LogP contribution in [0.2, 0.25) is 0 Å². The molecule has 5 nitrogen and oxygen atoms in total. The van der Waals surface area contributed by atoms with Gasteiger partial charge >= 0.3 is 0 Å². The van der Waals surface area contributed by atoms with Crippen LogP contribution in [0, 0.1) is 0 Å². The summed E-state index contributed by atoms with van der Waals surface area (Å²) in [6.07, 6.45) is 1.88. The third kappa shape index (κ3) is 4.31. The number of morpholine rings is 1. The van der Waals surface area contributed by atoms with Gasteiger partial charge in [0.1, 0.15) is 6.26 Å². The molecule has 0 bridgehead atoms. The summed E-state index contributed by atoms with van der Waals surface area (Å²) in [5.41, 5.74) is 0.407. The Labute approximate surface area is 134 Å². The topological polar surface area (TPSA) is 54.7 Å². The predicted molar refractivity (Wildman–Crippen MR) is 84.4 cm³/mol. The summed E-state index contributed by atoms with van der Waals surface area (Å²) in [7, 11) is 0. The average molecular weight is 359 g/mol. The Bertz CT molecular complexity index is 491. The van der Waals surface area contributed by atoms with Crippen LogP contribution in [0.5, 0.6) is 0 Å². The van der Waals surface area contributed by atoms with Gasteiger partial charge in [-0.3, -0.25) is 9.69 Å². The molecule has 0 spiro atoms. The minimum absolute atomic E-state index is 0.119. The molecule has 2 rings (SSSR count). The van der Waals surface area contributed by atoms with Crippen molar-refractivity contribution in [1.29, 1.82) is 0 Å². The zero-order chi connectivity index (χ0) is 15.6. The minimum atomic E-state index is -0.122. The van der Waals surface area contributed by atoms with Crippen molar-refractivity contribution in [3.63, 3.8) is 0 Å². The largest absolute Gasteiger partial charge is 0.457 e. The molecule has 21 heavy (non-hydrogen) atoms. The van der Waals surface area contributed by atoms with Crippen LogP contribution in [-0.4, -0.2) is 48.2 Å². The summed E-state index contributed by atoms with van der Waals surface area (Å²) >= 11 is 3.20. The van der Waals surface area contributed by atoms with E-state index < -0.39 is 0 Å². The SMILES string of the molecule is CC1CN(C(C)(C)CNC(=O)c2coc(Br)c2)CC(C)O1. The van der Waals surface area contributed by atoms with Crippen molar-refractivity contribution in [1.82, 2.24) is 10.2 Å². The summed E-state index contributed by atoms with van der Waals surface area (Å²) in [6.45, 7) is 10.8. The van der Waals surface area contributed by atoms with Crippen LogP contribution in [-0.2, 0) is 4.74 Å². The lowest BCUT2D eigenvalue weighted by Crippen LogP contribution is -2.58. The van der Waals surface area contributed by atoms with Gasteiger partial charge in [0, 0.05) is 31.2 Å². The van der Waals surface area contributed by atoms with Gasteiger partial charge in [-0.05, 0) is 43.6 Å². The Morgan fingerprint density at radius 2 is 2.05 bits per heavy atom. The van der Waals surface area contributed by atoms with Crippen LogP contribution in [0.4, 0.5) is 0 Å². The standard InChI is InChI=1S/C15H23BrN2O3/c1-10-6-18(7-11(2)21-10)15(3,4)9-17-14(19)12-5-13(16)20-8-12/h5,8,10-11H,6-7,9H2,1-4H3,(H,17,19). The zero-order valence-electron chi connectivity index (χ0n) is 13.0. The number of nitrogens with zero attached hydrogens (tertiary/aromatic N) is 1. The second-order valence-corrected chi connectivity index (χ2v) is 7.08. The summed E-state index contributed by atoms with van der Waals surface area (Å²) in [5, 5.41) is 2.98. The van der Waals surface area contributed by atoms with E-state index >= 15 is 0 Å². The highest BCUT2D eigenvalue weighted by molar-refractivity contribution is 9.10. The molecule has 1 aliphatic rings. The van der Waals surface area contributed by atoms with E-state index in [2.05, 4.69) is 53.8 Å². The number of carbonyl (C=O) groups is 1. The van der Waals surface area contributed by atoms with E-state index in [9.17, 15) is 4.79 Å². The summed E-state index contributed by atoms with van der Waals surface area (Å²) in [6, 6.07) is 1.67. The van der Waals surface area contributed by atoms with Crippen LogP contribution in [0.25, 0.3) is 0 Å². The van der Waals surface area contributed by atoms with Gasteiger partial charge in [-0.25, -0.2) is 0 Å². The van der Waals surface area contributed by atoms with Crippen molar-refractivity contribution in [3.8, 4) is 0 Å². The number of hydrogen-bond donors (Lipinski definition) is 1. The highest BCUT2D eigenvalue weighted by atomic mass is 79.9. The van der Waals surface area contributed by atoms with Crippen molar-refractivity contribution in [2.75, 3.05) is 19.6 Å². The maximum Gasteiger partial charge on any atom is 0.254 e. The Balaban J connectivity index is 1.92. The smallest absolute Gasteiger partial charge is 0.254 e. The van der Waals surface area contributed by atoms with Gasteiger partial charge in [-0.15, -0.1) is 0 Å². The number of rotatable bonds is 4. The normalized spacial score (nSPS) is 24.0. The fraction of sp³-hybridized carbons (Fsp3) is 0.667. The second-order valence-electron chi connectivity index (χ2n) is 6.30. The molecule has 1 fully saturated rings. The molecule has 1 N–H and O–H groups in total. The molecule has 0 saturated carbocycles.